The molecule has 6 fully saturated rings. The third-order valence-corrected chi connectivity index (χ3v) is 44.7. The average molecular weight is 2030 g/mol. The first-order valence-electron chi connectivity index (χ1n) is 48.7. The summed E-state index contributed by atoms with van der Waals surface area (Å²) in [5.41, 5.74) is 18.0. The molecule has 2 atom stereocenters. The van der Waals surface area contributed by atoms with Crippen LogP contribution in [0.5, 0.6) is 0 Å². The lowest BCUT2D eigenvalue weighted by molar-refractivity contribution is 0.0342. The number of hydrogen-bond donors (Lipinski definition) is 0. The van der Waals surface area contributed by atoms with E-state index in [0.717, 1.165) is 227 Å². The molecule has 1 aliphatic heterocycles. The topological polar surface area (TPSA) is 273 Å². The minimum atomic E-state index is -3.54. The molecule has 138 heavy (non-hydrogen) atoms. The Morgan fingerprint density at radius 1 is 0.355 bits per heavy atom. The predicted molar refractivity (Wildman–Crippen MR) is 566 cm³/mol. The molecule has 11 aromatic rings. The summed E-state index contributed by atoms with van der Waals surface area (Å²) in [7, 11) is -25.1. The van der Waals surface area contributed by atoms with Gasteiger partial charge in [0, 0.05) is 18.1 Å². The van der Waals surface area contributed by atoms with Gasteiger partial charge in [0.2, 0.25) is 29.5 Å². The highest BCUT2D eigenvalue weighted by Crippen LogP contribution is 2.58. The lowest BCUT2D eigenvalue weighted by Gasteiger charge is -2.55. The summed E-state index contributed by atoms with van der Waals surface area (Å²) in [5, 5.41) is -0.272. The van der Waals surface area contributed by atoms with Gasteiger partial charge in [-0.25, -0.2) is 67.3 Å². The first-order chi connectivity index (χ1) is 65.0. The third-order valence-electron chi connectivity index (χ3n) is 28.5. The van der Waals surface area contributed by atoms with Crippen LogP contribution in [0.2, 0.25) is 0 Å². The molecule has 0 radical (unpaired) electrons. The Balaban J connectivity index is 0.000000165. The summed E-state index contributed by atoms with van der Waals surface area (Å²) in [4.78, 5) is 2.96. The molecule has 0 amide bonds. The van der Waals surface area contributed by atoms with Crippen LogP contribution in [0.4, 0.5) is 0 Å². The van der Waals surface area contributed by atoms with Gasteiger partial charge in [-0.15, -0.1) is 0 Å². The van der Waals surface area contributed by atoms with Crippen molar-refractivity contribution < 1.29 is 67.3 Å². The molecule has 744 valence electrons. The SMILES string of the molecule is CCCCCC(CC)S(=O)(=O)C(C)CC.CS(=O)(=O)C12CC3CC(CC(C3)C1)C2.Cc1cc(C)c(S(C)(=O)=O)c(C)c1.Cc1cc(S(=O)(=O)c2cc(C)c(C)c(C)c2)cc(C)c1C.Cc1ccc(S(=O)(=O)c2ccc(C)cc2)cc1.O=S(=O)(C1CCCCC1)C1CCCCC1.O=S(=O)(c1ccc(-c2ccccc2)cc1)c1ccc(-c2ccccc2)cc1.O=S1(=O)Cc2ccccc2-c2ccccc21. The Morgan fingerprint density at radius 2 is 0.696 bits per heavy atom. The van der Waals surface area contributed by atoms with Gasteiger partial charge in [0.15, 0.2) is 49.2 Å². The number of rotatable bonds is 20. The van der Waals surface area contributed by atoms with E-state index >= 15 is 0 Å². The van der Waals surface area contributed by atoms with Gasteiger partial charge in [-0.1, -0.05) is 259 Å². The standard InChI is InChI=1S/C24H18O2S.C18H22O2S.C14H14O2S.C13H10O2S.C12H22O2S.C12H26O2S.C11H18O2S.C10H14O2S/c25-27(26,23-15-11-21(12-16-23)19-7-3-1-4-8-19)24-17-13-22(14-18-24)20-9-5-2-6-10-20;1-11-7-17(8-12(2)15(11)5)21(19,20)18-9-13(3)16(6)14(4)10-18;1-11-3-7-13(8-4-11)17(15,16)14-9-5-12(2)6-10-14;14-16(15)9-10-5-1-2-6-11(10)12-7-3-4-8-13(12)16;13-15(14,11-7-3-1-4-8-11)12-9-5-2-6-10-12;1-5-8-9-10-12(7-3)15(13,14)11(4)6-2;1-14(12,13)11-5-8-2-9(6-11)4-10(3-8)7-11;1-7-5-8(2)10(9(3)6-7)13(4,11)12/h1-18H;7-10H,1-6H3;3-10H,1-2H3;1-8H,9H2;11-12H,1-10H2;11-12H,5-10H2,1-4H3;8-10H,2-7H2,1H3;5-6H,1-4H3. The van der Waals surface area contributed by atoms with Crippen LogP contribution in [-0.2, 0) is 84.5 Å². The molecule has 6 aliphatic carbocycles. The van der Waals surface area contributed by atoms with E-state index in [9.17, 15) is 67.3 Å². The zero-order valence-electron chi connectivity index (χ0n) is 83.7. The molecule has 0 saturated heterocycles. The molecule has 24 heteroatoms. The number of aryl methyl sites for hydroxylation is 9. The van der Waals surface area contributed by atoms with Crippen molar-refractivity contribution >= 4 is 78.7 Å². The number of fused-ring (bicyclic) bond motifs is 3. The van der Waals surface area contributed by atoms with Crippen molar-refractivity contribution in [2.24, 2.45) is 17.8 Å². The van der Waals surface area contributed by atoms with Crippen LogP contribution in [0.3, 0.4) is 0 Å². The molecule has 6 saturated carbocycles. The van der Waals surface area contributed by atoms with E-state index in [1.54, 1.807) is 109 Å². The van der Waals surface area contributed by atoms with Gasteiger partial charge in [-0.05, 0) is 341 Å². The quantitative estimate of drug-likeness (QED) is 0.0641. The maximum atomic E-state index is 12.9. The van der Waals surface area contributed by atoms with Gasteiger partial charge in [0.1, 0.15) is 0 Å². The lowest BCUT2D eigenvalue weighted by Crippen LogP contribution is -2.54. The third kappa shape index (κ3) is 28.3. The molecule has 11 aromatic carbocycles. The second-order valence-corrected chi connectivity index (χ2v) is 56.3. The van der Waals surface area contributed by atoms with Crippen LogP contribution < -0.4 is 0 Å². The average Bonchev–Trinajstić information content (AvgIpc) is 0.726. The minimum Gasteiger partial charge on any atom is -0.229 e. The largest absolute Gasteiger partial charge is 0.229 e. The van der Waals surface area contributed by atoms with Crippen LogP contribution in [0.15, 0.2) is 282 Å². The summed E-state index contributed by atoms with van der Waals surface area (Å²) >= 11 is 0. The fourth-order valence-electron chi connectivity index (χ4n) is 20.3. The molecule has 0 spiro atoms. The maximum absolute atomic E-state index is 12.9. The van der Waals surface area contributed by atoms with Gasteiger partial charge < -0.3 is 0 Å². The second-order valence-electron chi connectivity index (χ2n) is 39.0. The molecule has 4 bridgehead atoms. The van der Waals surface area contributed by atoms with Crippen molar-refractivity contribution in [3.63, 3.8) is 0 Å². The second kappa shape index (κ2) is 48.2. The van der Waals surface area contributed by atoms with E-state index in [1.807, 2.05) is 230 Å². The van der Waals surface area contributed by atoms with Gasteiger partial charge in [-0.3, -0.25) is 0 Å². The minimum absolute atomic E-state index is 0.00866. The van der Waals surface area contributed by atoms with Crippen LogP contribution in [0, 0.1) is 93.9 Å². The van der Waals surface area contributed by atoms with Gasteiger partial charge in [0.05, 0.1) is 70.7 Å². The Bertz CT molecular complexity index is 6620. The van der Waals surface area contributed by atoms with Crippen LogP contribution in [-0.4, -0.2) is 106 Å². The Kier molecular flexibility index (Phi) is 38.8. The highest BCUT2D eigenvalue weighted by Gasteiger charge is 2.56. The zero-order chi connectivity index (χ0) is 101. The molecule has 0 N–H and O–H groups in total. The van der Waals surface area contributed by atoms with Gasteiger partial charge in [0.25, 0.3) is 0 Å². The number of benzene rings is 11. The molecular weight excluding hydrogens is 1880 g/mol. The molecule has 7 aliphatic rings. The smallest absolute Gasteiger partial charge is 0.206 e. The summed E-state index contributed by atoms with van der Waals surface area (Å²) in [6.45, 7) is 29.2. The fraction of sp³-hybridized carbons (Fsp3) is 0.421. The van der Waals surface area contributed by atoms with Crippen LogP contribution in [0.25, 0.3) is 33.4 Å². The normalized spacial score (nSPS) is 18.2. The number of unbranched alkanes of at least 4 members (excludes halogenated alkanes) is 2. The van der Waals surface area contributed by atoms with Crippen LogP contribution in [0.1, 0.15) is 236 Å². The van der Waals surface area contributed by atoms with Gasteiger partial charge >= 0.3 is 0 Å². The van der Waals surface area contributed by atoms with E-state index in [1.165, 1.54) is 44.6 Å². The molecule has 16 nitrogen and oxygen atoms in total. The van der Waals surface area contributed by atoms with E-state index in [0.29, 0.717) is 39.2 Å². The van der Waals surface area contributed by atoms with Crippen molar-refractivity contribution in [3.05, 3.63) is 309 Å². The van der Waals surface area contributed by atoms with Gasteiger partial charge in [-0.2, -0.15) is 0 Å². The van der Waals surface area contributed by atoms with Crippen molar-refractivity contribution in [2.45, 2.75) is 316 Å². The summed E-state index contributed by atoms with van der Waals surface area (Å²) in [6.07, 6.45) is 25.9. The molecular formula is C114H144O16S8. The number of sulfone groups is 8. The van der Waals surface area contributed by atoms with E-state index in [-0.39, 0.29) is 31.5 Å². The molecule has 18 rings (SSSR count). The van der Waals surface area contributed by atoms with Crippen molar-refractivity contribution in [1.29, 1.82) is 0 Å². The highest BCUT2D eigenvalue weighted by atomic mass is 32.2. The highest BCUT2D eigenvalue weighted by molar-refractivity contribution is 7.94. The summed E-state index contributed by atoms with van der Waals surface area (Å²) < 4.78 is 195. The van der Waals surface area contributed by atoms with Crippen molar-refractivity contribution in [2.75, 3.05) is 12.5 Å². The fourth-order valence-corrected chi connectivity index (χ4v) is 33.5. The van der Waals surface area contributed by atoms with Crippen molar-refractivity contribution in [1.82, 2.24) is 0 Å². The maximum Gasteiger partial charge on any atom is 0.206 e. The molecule has 2 unspecified atom stereocenters. The Hall–Kier alpha value is -8.98. The van der Waals surface area contributed by atoms with Crippen molar-refractivity contribution in [3.8, 4) is 33.4 Å². The predicted octanol–water partition coefficient (Wildman–Crippen LogP) is 26.6. The monoisotopic (exact) mass is 2020 g/mol. The number of hydrogen-bond acceptors (Lipinski definition) is 16. The Labute approximate surface area is 828 Å². The summed E-state index contributed by atoms with van der Waals surface area (Å²) in [6, 6.07) is 73.4. The first kappa shape index (κ1) is 111. The van der Waals surface area contributed by atoms with E-state index < -0.39 is 78.7 Å². The van der Waals surface area contributed by atoms with E-state index in [2.05, 4.69) is 6.92 Å². The molecule has 1 heterocycles. The molecule has 0 aromatic heterocycles. The van der Waals surface area contributed by atoms with Crippen LogP contribution >= 0.6 is 0 Å². The van der Waals surface area contributed by atoms with E-state index in [4.69, 9.17) is 0 Å². The zero-order valence-corrected chi connectivity index (χ0v) is 90.2. The Morgan fingerprint density at radius 3 is 1.05 bits per heavy atom. The first-order valence-corrected chi connectivity index (χ1v) is 61.8. The lowest BCUT2D eigenvalue weighted by atomic mass is 9.56. The summed E-state index contributed by atoms with van der Waals surface area (Å²) in [5.74, 6) is 2.31.